The van der Waals surface area contributed by atoms with Crippen LogP contribution in [0.15, 0.2) is 18.2 Å². The van der Waals surface area contributed by atoms with Crippen LogP contribution in [-0.2, 0) is 20.8 Å². The molecule has 1 aromatic heterocycles. The number of piperazine rings is 1. The first kappa shape index (κ1) is 24.2. The van der Waals surface area contributed by atoms with Gasteiger partial charge in [0.2, 0.25) is 0 Å². The molecule has 4 rings (SSSR count). The number of benzene rings is 1. The van der Waals surface area contributed by atoms with Gasteiger partial charge in [0.15, 0.2) is 0 Å². The number of anilines is 1. The van der Waals surface area contributed by atoms with E-state index in [1.165, 1.54) is 0 Å². The number of fused-ring (bicyclic) bond motifs is 1. The van der Waals surface area contributed by atoms with Gasteiger partial charge in [0.1, 0.15) is 17.7 Å². The van der Waals surface area contributed by atoms with Crippen LogP contribution in [0.3, 0.4) is 0 Å². The smallest absolute Gasteiger partial charge is 0.409 e. The monoisotopic (exact) mass is 469 g/mol. The molecule has 9 heteroatoms. The summed E-state index contributed by atoms with van der Waals surface area (Å²) in [5.41, 5.74) is 2.02. The van der Waals surface area contributed by atoms with Crippen LogP contribution in [0.25, 0.3) is 10.9 Å². The minimum Gasteiger partial charge on any atom is -0.465 e. The summed E-state index contributed by atoms with van der Waals surface area (Å²) >= 11 is 0. The average molecular weight is 470 g/mol. The molecule has 1 amide bonds. The van der Waals surface area contributed by atoms with E-state index in [1.807, 2.05) is 19.9 Å². The zero-order valence-electron chi connectivity index (χ0n) is 20.5. The van der Waals surface area contributed by atoms with E-state index in [1.54, 1.807) is 4.90 Å². The van der Waals surface area contributed by atoms with Crippen molar-refractivity contribution >= 4 is 28.8 Å². The van der Waals surface area contributed by atoms with E-state index in [9.17, 15) is 9.59 Å². The molecule has 1 aromatic carbocycles. The number of carbonyl (C=O) groups excluding carboxylic acids is 2. The van der Waals surface area contributed by atoms with Gasteiger partial charge in [-0.2, -0.15) is 0 Å². The van der Waals surface area contributed by atoms with E-state index < -0.39 is 0 Å². The molecule has 0 aliphatic carbocycles. The first-order valence-corrected chi connectivity index (χ1v) is 12.3. The van der Waals surface area contributed by atoms with Crippen LogP contribution < -0.4 is 4.90 Å². The molecule has 34 heavy (non-hydrogen) atoms. The van der Waals surface area contributed by atoms with Crippen LogP contribution >= 0.6 is 0 Å². The molecule has 2 fully saturated rings. The number of likely N-dealkylation sites (tertiary alicyclic amines) is 1. The van der Waals surface area contributed by atoms with Crippen LogP contribution in [0, 0.1) is 6.92 Å². The number of aromatic nitrogens is 2. The lowest BCUT2D eigenvalue weighted by Crippen LogP contribution is -2.49. The fourth-order valence-corrected chi connectivity index (χ4v) is 4.82. The molecule has 0 bridgehead atoms. The number of aryl methyl sites for hydroxylation is 1. The first-order valence-electron chi connectivity index (χ1n) is 12.3. The second-order valence-electron chi connectivity index (χ2n) is 8.84. The lowest BCUT2D eigenvalue weighted by atomic mass is 10.0. The maximum absolute atomic E-state index is 12.6. The van der Waals surface area contributed by atoms with Crippen molar-refractivity contribution in [1.82, 2.24) is 19.8 Å². The first-order chi connectivity index (χ1) is 16.5. The molecule has 9 nitrogen and oxygen atoms in total. The third-order valence-corrected chi connectivity index (χ3v) is 6.58. The molecule has 2 aliphatic heterocycles. The Morgan fingerprint density at radius 2 is 1.76 bits per heavy atom. The Morgan fingerprint density at radius 1 is 1.00 bits per heavy atom. The third kappa shape index (κ3) is 5.24. The molecule has 1 unspecified atom stereocenters. The summed E-state index contributed by atoms with van der Waals surface area (Å²) in [6.07, 6.45) is 2.61. The Bertz CT molecular complexity index is 1020. The summed E-state index contributed by atoms with van der Waals surface area (Å²) in [5, 5.41) is 1.01. The summed E-state index contributed by atoms with van der Waals surface area (Å²) in [4.78, 5) is 40.7. The number of rotatable bonds is 6. The van der Waals surface area contributed by atoms with Crippen molar-refractivity contribution in [2.75, 3.05) is 50.8 Å². The fourth-order valence-electron chi connectivity index (χ4n) is 4.82. The third-order valence-electron chi connectivity index (χ3n) is 6.58. The van der Waals surface area contributed by atoms with Gasteiger partial charge in [-0.3, -0.25) is 9.69 Å². The number of hydrogen-bond acceptors (Lipinski definition) is 8. The summed E-state index contributed by atoms with van der Waals surface area (Å²) in [6.45, 7) is 10.3. The average Bonchev–Trinajstić information content (AvgIpc) is 2.85. The minimum absolute atomic E-state index is 0.158. The topological polar surface area (TPSA) is 88.1 Å². The number of para-hydroxylation sites is 1. The van der Waals surface area contributed by atoms with E-state index in [0.717, 1.165) is 48.1 Å². The maximum Gasteiger partial charge on any atom is 0.409 e. The van der Waals surface area contributed by atoms with Gasteiger partial charge in [-0.1, -0.05) is 18.6 Å². The Hall–Kier alpha value is -2.94. The predicted octanol–water partition coefficient (Wildman–Crippen LogP) is 3.13. The van der Waals surface area contributed by atoms with Gasteiger partial charge in [-0.05, 0) is 51.8 Å². The maximum atomic E-state index is 12.6. The number of carbonyl (C=O) groups is 2. The van der Waals surface area contributed by atoms with Gasteiger partial charge in [-0.15, -0.1) is 0 Å². The molecular weight excluding hydrogens is 434 g/mol. The van der Waals surface area contributed by atoms with E-state index in [4.69, 9.17) is 19.4 Å². The van der Waals surface area contributed by atoms with Crippen LogP contribution in [0.1, 0.15) is 44.5 Å². The van der Waals surface area contributed by atoms with Crippen LogP contribution in [0.5, 0.6) is 0 Å². The lowest BCUT2D eigenvalue weighted by Gasteiger charge is -2.36. The molecule has 2 saturated heterocycles. The molecule has 0 radical (unpaired) electrons. The van der Waals surface area contributed by atoms with Crippen molar-refractivity contribution in [3.63, 3.8) is 0 Å². The summed E-state index contributed by atoms with van der Waals surface area (Å²) in [6, 6.07) is 5.90. The Morgan fingerprint density at radius 3 is 2.50 bits per heavy atom. The van der Waals surface area contributed by atoms with Gasteiger partial charge in [0.05, 0.1) is 25.3 Å². The molecule has 0 N–H and O–H groups in total. The molecule has 0 saturated carbocycles. The van der Waals surface area contributed by atoms with E-state index in [0.29, 0.717) is 51.8 Å². The highest BCUT2D eigenvalue weighted by Gasteiger charge is 2.31. The number of esters is 1. The van der Waals surface area contributed by atoms with Crippen molar-refractivity contribution in [2.45, 2.75) is 52.6 Å². The Labute approximate surface area is 201 Å². The Kier molecular flexibility index (Phi) is 7.82. The number of nitrogens with zero attached hydrogens (tertiary/aromatic N) is 5. The van der Waals surface area contributed by atoms with Crippen molar-refractivity contribution in [1.29, 1.82) is 0 Å². The van der Waals surface area contributed by atoms with Crippen molar-refractivity contribution in [3.8, 4) is 0 Å². The molecular formula is C25H35N5O4. The molecule has 0 spiro atoms. The Balaban J connectivity index is 1.60. The number of amides is 1. The number of hydrogen-bond donors (Lipinski definition) is 0. The highest BCUT2D eigenvalue weighted by molar-refractivity contribution is 5.91. The van der Waals surface area contributed by atoms with Crippen LogP contribution in [-0.4, -0.2) is 83.8 Å². The van der Waals surface area contributed by atoms with Crippen molar-refractivity contribution in [2.24, 2.45) is 0 Å². The highest BCUT2D eigenvalue weighted by atomic mass is 16.6. The lowest BCUT2D eigenvalue weighted by molar-refractivity contribution is -0.151. The van der Waals surface area contributed by atoms with E-state index in [2.05, 4.69) is 28.9 Å². The van der Waals surface area contributed by atoms with E-state index in [-0.39, 0.29) is 18.1 Å². The van der Waals surface area contributed by atoms with Gasteiger partial charge in [0, 0.05) is 31.6 Å². The fraction of sp³-hybridized carbons (Fsp3) is 0.600. The normalized spacial score (nSPS) is 19.3. The zero-order chi connectivity index (χ0) is 24.1. The zero-order valence-corrected chi connectivity index (χ0v) is 20.5. The number of ether oxygens (including phenoxy) is 2. The minimum atomic E-state index is -0.263. The molecule has 3 heterocycles. The molecule has 1 atom stereocenters. The summed E-state index contributed by atoms with van der Waals surface area (Å²) in [5.74, 6) is 1.44. The summed E-state index contributed by atoms with van der Waals surface area (Å²) in [7, 11) is 0. The van der Waals surface area contributed by atoms with Crippen LogP contribution in [0.4, 0.5) is 10.6 Å². The van der Waals surface area contributed by atoms with Gasteiger partial charge in [0.25, 0.3) is 0 Å². The van der Waals surface area contributed by atoms with Gasteiger partial charge >= 0.3 is 12.1 Å². The molecule has 2 aromatic rings. The van der Waals surface area contributed by atoms with Crippen LogP contribution in [0.2, 0.25) is 0 Å². The standard InChI is InChI=1S/C25H35N5O4/c1-4-33-24(31)20-11-6-7-12-30(20)17-21-26-22-18(3)9-8-10-19(22)23(27-21)28-13-15-29(16-14-28)25(32)34-5-2/h8-10,20H,4-7,11-17H2,1-3H3. The number of piperidine rings is 1. The second-order valence-corrected chi connectivity index (χ2v) is 8.84. The largest absolute Gasteiger partial charge is 0.465 e. The quantitative estimate of drug-likeness (QED) is 0.597. The molecule has 2 aliphatic rings. The van der Waals surface area contributed by atoms with Gasteiger partial charge in [-0.25, -0.2) is 14.8 Å². The van der Waals surface area contributed by atoms with E-state index >= 15 is 0 Å². The molecule has 184 valence electrons. The van der Waals surface area contributed by atoms with Gasteiger partial charge < -0.3 is 19.3 Å². The SMILES string of the molecule is CCOC(=O)C1CCCCN1Cc1nc(N2CCN(C(=O)OCC)CC2)c2cccc(C)c2n1. The summed E-state index contributed by atoms with van der Waals surface area (Å²) < 4.78 is 10.5. The predicted molar refractivity (Wildman–Crippen MR) is 130 cm³/mol. The second kappa shape index (κ2) is 11.0. The highest BCUT2D eigenvalue weighted by Crippen LogP contribution is 2.28. The van der Waals surface area contributed by atoms with Crippen molar-refractivity contribution in [3.05, 3.63) is 29.6 Å². The van der Waals surface area contributed by atoms with Crippen molar-refractivity contribution < 1.29 is 19.1 Å².